The Morgan fingerprint density at radius 1 is 1.22 bits per heavy atom. The molecule has 18 heavy (non-hydrogen) atoms. The Morgan fingerprint density at radius 3 is 2.39 bits per heavy atom. The van der Waals surface area contributed by atoms with E-state index in [0.717, 1.165) is 25.6 Å². The van der Waals surface area contributed by atoms with Crippen molar-refractivity contribution in [3.63, 3.8) is 0 Å². The number of carbonyl (C=O) groups is 1. The molecule has 0 aliphatic carbocycles. The Hall–Kier alpha value is -0.0300. The number of halogens is 2. The van der Waals surface area contributed by atoms with Gasteiger partial charge in [0.1, 0.15) is 0 Å². The van der Waals surface area contributed by atoms with Gasteiger partial charge in [0.05, 0.1) is 0 Å². The standard InChI is InChI=1S/C12H25N3O.2ClH/c1-11-4-8-15(9-5-11)10-7-14-12(16)3-6-13-2;;/h11,13H,3-10H2,1-2H3,(H,14,16);2*1H. The summed E-state index contributed by atoms with van der Waals surface area (Å²) in [6, 6.07) is 0. The van der Waals surface area contributed by atoms with Crippen LogP contribution in [0.1, 0.15) is 26.2 Å². The van der Waals surface area contributed by atoms with Crippen molar-refractivity contribution in [2.24, 2.45) is 5.92 Å². The number of hydrogen-bond donors (Lipinski definition) is 2. The molecule has 6 heteroatoms. The third-order valence-corrected chi connectivity index (χ3v) is 3.23. The topological polar surface area (TPSA) is 44.4 Å². The zero-order chi connectivity index (χ0) is 11.8. The fourth-order valence-corrected chi connectivity index (χ4v) is 1.97. The molecule has 2 N–H and O–H groups in total. The van der Waals surface area contributed by atoms with Gasteiger partial charge in [0.15, 0.2) is 0 Å². The summed E-state index contributed by atoms with van der Waals surface area (Å²) in [7, 11) is 1.86. The van der Waals surface area contributed by atoms with E-state index in [1.807, 2.05) is 7.05 Å². The van der Waals surface area contributed by atoms with Crippen LogP contribution in [-0.2, 0) is 4.79 Å². The van der Waals surface area contributed by atoms with E-state index in [1.54, 1.807) is 0 Å². The summed E-state index contributed by atoms with van der Waals surface area (Å²) in [5.41, 5.74) is 0. The van der Waals surface area contributed by atoms with Crippen LogP contribution in [0.25, 0.3) is 0 Å². The van der Waals surface area contributed by atoms with Gasteiger partial charge in [-0.25, -0.2) is 0 Å². The van der Waals surface area contributed by atoms with E-state index in [4.69, 9.17) is 0 Å². The number of rotatable bonds is 6. The molecule has 0 aromatic rings. The lowest BCUT2D eigenvalue weighted by molar-refractivity contribution is -0.121. The summed E-state index contributed by atoms with van der Waals surface area (Å²) < 4.78 is 0. The lowest BCUT2D eigenvalue weighted by atomic mass is 9.99. The van der Waals surface area contributed by atoms with E-state index < -0.39 is 0 Å². The predicted octanol–water partition coefficient (Wildman–Crippen LogP) is 1.29. The van der Waals surface area contributed by atoms with Crippen molar-refractivity contribution in [3.05, 3.63) is 0 Å². The van der Waals surface area contributed by atoms with E-state index in [0.29, 0.717) is 6.42 Å². The molecular formula is C12H27Cl2N3O. The molecule has 1 heterocycles. The molecule has 0 radical (unpaired) electrons. The van der Waals surface area contributed by atoms with Crippen LogP contribution in [0, 0.1) is 5.92 Å². The Bertz CT molecular complexity index is 209. The van der Waals surface area contributed by atoms with Crippen LogP contribution >= 0.6 is 24.8 Å². The first-order valence-corrected chi connectivity index (χ1v) is 6.36. The van der Waals surface area contributed by atoms with Gasteiger partial charge in [-0.15, -0.1) is 24.8 Å². The largest absolute Gasteiger partial charge is 0.355 e. The van der Waals surface area contributed by atoms with Gasteiger partial charge >= 0.3 is 0 Å². The lowest BCUT2D eigenvalue weighted by Crippen LogP contribution is -2.39. The highest BCUT2D eigenvalue weighted by atomic mass is 35.5. The van der Waals surface area contributed by atoms with Gasteiger partial charge in [0.25, 0.3) is 0 Å². The second-order valence-corrected chi connectivity index (χ2v) is 4.73. The Labute approximate surface area is 123 Å². The highest BCUT2D eigenvalue weighted by Gasteiger charge is 2.14. The average Bonchev–Trinajstić information content (AvgIpc) is 2.29. The van der Waals surface area contributed by atoms with Crippen molar-refractivity contribution in [2.45, 2.75) is 26.2 Å². The molecule has 0 bridgehead atoms. The minimum atomic E-state index is 0. The van der Waals surface area contributed by atoms with Crippen LogP contribution in [0.15, 0.2) is 0 Å². The molecule has 0 aromatic carbocycles. The number of likely N-dealkylation sites (tertiary alicyclic amines) is 1. The molecule has 1 rings (SSSR count). The zero-order valence-electron chi connectivity index (χ0n) is 11.4. The summed E-state index contributed by atoms with van der Waals surface area (Å²) in [5.74, 6) is 1.03. The molecule has 1 saturated heterocycles. The third kappa shape index (κ3) is 8.97. The van der Waals surface area contributed by atoms with Crippen molar-refractivity contribution < 1.29 is 4.79 Å². The van der Waals surface area contributed by atoms with Gasteiger partial charge in [-0.05, 0) is 38.9 Å². The molecule has 4 nitrogen and oxygen atoms in total. The fourth-order valence-electron chi connectivity index (χ4n) is 1.97. The SMILES string of the molecule is CNCCC(=O)NCCN1CCC(C)CC1.Cl.Cl. The Kier molecular flexibility index (Phi) is 13.6. The average molecular weight is 300 g/mol. The van der Waals surface area contributed by atoms with Crippen LogP contribution in [-0.4, -0.2) is 50.6 Å². The molecule has 0 spiro atoms. The first-order valence-electron chi connectivity index (χ1n) is 6.36. The number of amides is 1. The van der Waals surface area contributed by atoms with E-state index in [1.165, 1.54) is 25.9 Å². The van der Waals surface area contributed by atoms with E-state index in [9.17, 15) is 4.79 Å². The number of nitrogens with zero attached hydrogens (tertiary/aromatic N) is 1. The first-order chi connectivity index (χ1) is 7.72. The zero-order valence-corrected chi connectivity index (χ0v) is 13.0. The normalized spacial score (nSPS) is 16.6. The quantitative estimate of drug-likeness (QED) is 0.777. The van der Waals surface area contributed by atoms with Gasteiger partial charge in [0, 0.05) is 26.1 Å². The van der Waals surface area contributed by atoms with Crippen LogP contribution in [0.4, 0.5) is 0 Å². The van der Waals surface area contributed by atoms with E-state index in [2.05, 4.69) is 22.5 Å². The van der Waals surface area contributed by atoms with E-state index in [-0.39, 0.29) is 30.7 Å². The molecule has 1 amide bonds. The summed E-state index contributed by atoms with van der Waals surface area (Å²) in [6.07, 6.45) is 3.18. The number of nitrogens with one attached hydrogen (secondary N) is 2. The monoisotopic (exact) mass is 299 g/mol. The van der Waals surface area contributed by atoms with Crippen molar-refractivity contribution >= 4 is 30.7 Å². The first kappa shape index (κ1) is 20.3. The minimum Gasteiger partial charge on any atom is -0.355 e. The van der Waals surface area contributed by atoms with Crippen molar-refractivity contribution in [1.29, 1.82) is 0 Å². The van der Waals surface area contributed by atoms with Gasteiger partial charge in [-0.3, -0.25) is 4.79 Å². The lowest BCUT2D eigenvalue weighted by Gasteiger charge is -2.30. The Balaban J connectivity index is 0. The minimum absolute atomic E-state index is 0. The number of carbonyl (C=O) groups excluding carboxylic acids is 1. The van der Waals surface area contributed by atoms with E-state index >= 15 is 0 Å². The van der Waals surface area contributed by atoms with Crippen molar-refractivity contribution in [2.75, 3.05) is 39.8 Å². The Morgan fingerprint density at radius 2 is 1.83 bits per heavy atom. The van der Waals surface area contributed by atoms with Crippen LogP contribution in [0.5, 0.6) is 0 Å². The summed E-state index contributed by atoms with van der Waals surface area (Å²) in [4.78, 5) is 13.8. The highest BCUT2D eigenvalue weighted by molar-refractivity contribution is 5.85. The smallest absolute Gasteiger partial charge is 0.221 e. The second-order valence-electron chi connectivity index (χ2n) is 4.73. The molecule has 0 aromatic heterocycles. The van der Waals surface area contributed by atoms with Crippen molar-refractivity contribution in [1.82, 2.24) is 15.5 Å². The van der Waals surface area contributed by atoms with Gasteiger partial charge in [-0.1, -0.05) is 6.92 Å². The summed E-state index contributed by atoms with van der Waals surface area (Å²) in [5, 5.41) is 5.93. The molecule has 110 valence electrons. The third-order valence-electron chi connectivity index (χ3n) is 3.23. The molecule has 0 unspecified atom stereocenters. The predicted molar refractivity (Wildman–Crippen MR) is 80.9 cm³/mol. The van der Waals surface area contributed by atoms with Crippen molar-refractivity contribution in [3.8, 4) is 0 Å². The van der Waals surface area contributed by atoms with Gasteiger partial charge in [-0.2, -0.15) is 0 Å². The summed E-state index contributed by atoms with van der Waals surface area (Å²) >= 11 is 0. The second kappa shape index (κ2) is 12.0. The maximum Gasteiger partial charge on any atom is 0.221 e. The molecule has 0 saturated carbocycles. The maximum absolute atomic E-state index is 11.3. The maximum atomic E-state index is 11.3. The van der Waals surface area contributed by atoms with Crippen LogP contribution < -0.4 is 10.6 Å². The fraction of sp³-hybridized carbons (Fsp3) is 0.917. The molecule has 1 aliphatic heterocycles. The molecule has 1 aliphatic rings. The highest BCUT2D eigenvalue weighted by Crippen LogP contribution is 2.14. The molecule has 1 fully saturated rings. The van der Waals surface area contributed by atoms with Gasteiger partial charge in [0.2, 0.25) is 5.91 Å². The molecular weight excluding hydrogens is 273 g/mol. The van der Waals surface area contributed by atoms with Crippen LogP contribution in [0.3, 0.4) is 0 Å². The molecule has 0 atom stereocenters. The van der Waals surface area contributed by atoms with Gasteiger partial charge < -0.3 is 15.5 Å². The summed E-state index contributed by atoms with van der Waals surface area (Å²) in [6.45, 7) is 7.24. The number of hydrogen-bond acceptors (Lipinski definition) is 3. The van der Waals surface area contributed by atoms with Crippen LogP contribution in [0.2, 0.25) is 0 Å². The number of piperidine rings is 1.